The molecule has 0 saturated heterocycles. The second-order valence-electron chi connectivity index (χ2n) is 3.03. The Bertz CT molecular complexity index is 303. The SMILES string of the molecule is CCCCON(c1ccccc1)[N+](=O)[O-]. The van der Waals surface area contributed by atoms with Crippen molar-refractivity contribution in [2.24, 2.45) is 0 Å². The Labute approximate surface area is 88.3 Å². The van der Waals surface area contributed by atoms with Gasteiger partial charge in [0.1, 0.15) is 5.69 Å². The fourth-order valence-electron chi connectivity index (χ4n) is 1.07. The van der Waals surface area contributed by atoms with E-state index in [9.17, 15) is 10.1 Å². The van der Waals surface area contributed by atoms with Crippen molar-refractivity contribution in [1.82, 2.24) is 0 Å². The van der Waals surface area contributed by atoms with E-state index in [2.05, 4.69) is 0 Å². The van der Waals surface area contributed by atoms with Gasteiger partial charge in [-0.2, -0.15) is 0 Å². The summed E-state index contributed by atoms with van der Waals surface area (Å²) >= 11 is 0. The lowest BCUT2D eigenvalue weighted by molar-refractivity contribution is -0.547. The first kappa shape index (κ1) is 11.5. The molecule has 0 spiro atoms. The molecule has 1 aromatic rings. The molecule has 0 radical (unpaired) electrons. The third-order valence-corrected chi connectivity index (χ3v) is 1.84. The molecule has 0 heterocycles. The summed E-state index contributed by atoms with van der Waals surface area (Å²) in [7, 11) is 0. The van der Waals surface area contributed by atoms with Crippen LogP contribution in [0.3, 0.4) is 0 Å². The summed E-state index contributed by atoms with van der Waals surface area (Å²) in [6.07, 6.45) is 1.75. The van der Waals surface area contributed by atoms with Gasteiger partial charge in [0.05, 0.1) is 6.61 Å². The summed E-state index contributed by atoms with van der Waals surface area (Å²) < 4.78 is 0. The van der Waals surface area contributed by atoms with Crippen LogP contribution in [0.15, 0.2) is 30.3 Å². The molecule has 0 bridgehead atoms. The number of hydrogen-bond donors (Lipinski definition) is 0. The number of hydrogen-bond acceptors (Lipinski definition) is 3. The summed E-state index contributed by atoms with van der Waals surface area (Å²) in [6.45, 7) is 2.36. The number of rotatable bonds is 6. The highest BCUT2D eigenvalue weighted by Gasteiger charge is 2.17. The van der Waals surface area contributed by atoms with E-state index in [1.807, 2.05) is 6.92 Å². The molecule has 0 aromatic heterocycles. The minimum Gasteiger partial charge on any atom is -0.232 e. The lowest BCUT2D eigenvalue weighted by Gasteiger charge is -2.12. The summed E-state index contributed by atoms with van der Waals surface area (Å²) in [5.41, 5.74) is 0.429. The highest BCUT2D eigenvalue weighted by Crippen LogP contribution is 2.13. The molecular formula is C10H14N2O3. The van der Waals surface area contributed by atoms with Crippen molar-refractivity contribution in [1.29, 1.82) is 0 Å². The standard InChI is InChI=1S/C10H14N2O3/c1-2-3-9-15-11(12(13)14)10-7-5-4-6-8-10/h4-8H,2-3,9H2,1H3. The summed E-state index contributed by atoms with van der Waals surface area (Å²) in [6, 6.07) is 8.53. The topological polar surface area (TPSA) is 55.6 Å². The average Bonchev–Trinajstić information content (AvgIpc) is 2.25. The first-order valence-corrected chi connectivity index (χ1v) is 4.88. The number of benzene rings is 1. The van der Waals surface area contributed by atoms with Crippen LogP contribution in [-0.4, -0.2) is 11.6 Å². The number of nitro groups is 1. The molecule has 0 atom stereocenters. The summed E-state index contributed by atoms with van der Waals surface area (Å²) in [5.74, 6) is 0. The zero-order valence-corrected chi connectivity index (χ0v) is 8.63. The minimum absolute atomic E-state index is 0.354. The molecule has 5 nitrogen and oxygen atoms in total. The fourth-order valence-corrected chi connectivity index (χ4v) is 1.07. The number of unbranched alkanes of at least 4 members (excludes halogenated alkanes) is 1. The Morgan fingerprint density at radius 2 is 2.07 bits per heavy atom. The normalized spacial score (nSPS) is 9.93. The molecule has 0 amide bonds. The van der Waals surface area contributed by atoms with Gasteiger partial charge in [-0.1, -0.05) is 31.5 Å². The van der Waals surface area contributed by atoms with Gasteiger partial charge in [0.25, 0.3) is 0 Å². The van der Waals surface area contributed by atoms with Crippen LogP contribution in [0.1, 0.15) is 19.8 Å². The number of anilines is 1. The van der Waals surface area contributed by atoms with Crippen LogP contribution < -0.4 is 5.17 Å². The average molecular weight is 210 g/mol. The van der Waals surface area contributed by atoms with E-state index in [1.54, 1.807) is 30.3 Å². The molecule has 15 heavy (non-hydrogen) atoms. The van der Waals surface area contributed by atoms with E-state index in [1.165, 1.54) is 0 Å². The Morgan fingerprint density at radius 1 is 1.40 bits per heavy atom. The van der Waals surface area contributed by atoms with E-state index in [0.717, 1.165) is 12.8 Å². The van der Waals surface area contributed by atoms with Crippen molar-refractivity contribution in [2.45, 2.75) is 19.8 Å². The zero-order chi connectivity index (χ0) is 11.1. The van der Waals surface area contributed by atoms with E-state index in [0.29, 0.717) is 17.5 Å². The lowest BCUT2D eigenvalue weighted by atomic mass is 10.3. The Balaban J connectivity index is 2.62. The Morgan fingerprint density at radius 3 is 2.60 bits per heavy atom. The van der Waals surface area contributed by atoms with Crippen LogP contribution >= 0.6 is 0 Å². The molecule has 82 valence electrons. The molecule has 5 heteroatoms. The van der Waals surface area contributed by atoms with Crippen LogP contribution in [0.4, 0.5) is 5.69 Å². The van der Waals surface area contributed by atoms with Gasteiger partial charge in [0.15, 0.2) is 5.03 Å². The van der Waals surface area contributed by atoms with Crippen LogP contribution in [0.2, 0.25) is 0 Å². The predicted octanol–water partition coefficient (Wildman–Crippen LogP) is 2.42. The maximum absolute atomic E-state index is 10.7. The second-order valence-corrected chi connectivity index (χ2v) is 3.03. The molecule has 0 fully saturated rings. The molecule has 1 rings (SSSR count). The quantitative estimate of drug-likeness (QED) is 0.411. The lowest BCUT2D eigenvalue weighted by Crippen LogP contribution is -2.30. The molecule has 0 N–H and O–H groups in total. The maximum Gasteiger partial charge on any atom is 0.192 e. The van der Waals surface area contributed by atoms with E-state index in [4.69, 9.17) is 4.84 Å². The highest BCUT2D eigenvalue weighted by molar-refractivity contribution is 5.40. The Kier molecular flexibility index (Phi) is 4.56. The highest BCUT2D eigenvalue weighted by atomic mass is 16.8. The number of para-hydroxylation sites is 1. The maximum atomic E-state index is 10.7. The van der Waals surface area contributed by atoms with Crippen LogP contribution in [0.5, 0.6) is 0 Å². The van der Waals surface area contributed by atoms with Gasteiger partial charge in [0, 0.05) is 5.17 Å². The van der Waals surface area contributed by atoms with Crippen molar-refractivity contribution in [3.05, 3.63) is 40.4 Å². The van der Waals surface area contributed by atoms with Gasteiger partial charge in [-0.25, -0.2) is 15.0 Å². The van der Waals surface area contributed by atoms with E-state index >= 15 is 0 Å². The van der Waals surface area contributed by atoms with Gasteiger partial charge in [-0.15, -0.1) is 0 Å². The Hall–Kier alpha value is -1.62. The van der Waals surface area contributed by atoms with Gasteiger partial charge in [-0.05, 0) is 18.6 Å². The minimum atomic E-state index is -0.564. The molecular weight excluding hydrogens is 196 g/mol. The second kappa shape index (κ2) is 5.98. The van der Waals surface area contributed by atoms with Crippen molar-refractivity contribution in [3.8, 4) is 0 Å². The van der Waals surface area contributed by atoms with Crippen LogP contribution in [0.25, 0.3) is 0 Å². The number of hydrazine groups is 1. The van der Waals surface area contributed by atoms with Crippen molar-refractivity contribution in [2.75, 3.05) is 11.8 Å². The third kappa shape index (κ3) is 3.55. The van der Waals surface area contributed by atoms with Crippen LogP contribution in [-0.2, 0) is 4.84 Å². The molecule has 0 saturated carbocycles. The van der Waals surface area contributed by atoms with Crippen LogP contribution in [0, 0.1) is 10.1 Å². The van der Waals surface area contributed by atoms with Gasteiger partial charge >= 0.3 is 0 Å². The largest absolute Gasteiger partial charge is 0.232 e. The summed E-state index contributed by atoms with van der Waals surface area (Å²) in [4.78, 5) is 15.8. The third-order valence-electron chi connectivity index (χ3n) is 1.84. The first-order chi connectivity index (χ1) is 7.25. The van der Waals surface area contributed by atoms with Crippen molar-refractivity contribution < 1.29 is 9.87 Å². The molecule has 0 aliphatic carbocycles. The first-order valence-electron chi connectivity index (χ1n) is 4.88. The molecule has 0 unspecified atom stereocenters. The van der Waals surface area contributed by atoms with E-state index < -0.39 is 5.03 Å². The predicted molar refractivity (Wildman–Crippen MR) is 56.8 cm³/mol. The number of nitrogens with zero attached hydrogens (tertiary/aromatic N) is 2. The van der Waals surface area contributed by atoms with Gasteiger partial charge in [0.2, 0.25) is 0 Å². The smallest absolute Gasteiger partial charge is 0.192 e. The van der Waals surface area contributed by atoms with Gasteiger partial charge < -0.3 is 0 Å². The molecule has 1 aromatic carbocycles. The fraction of sp³-hybridized carbons (Fsp3) is 0.400. The van der Waals surface area contributed by atoms with Crippen molar-refractivity contribution >= 4 is 5.69 Å². The molecule has 0 aliphatic heterocycles. The zero-order valence-electron chi connectivity index (χ0n) is 8.63. The monoisotopic (exact) mass is 210 g/mol. The summed E-state index contributed by atoms with van der Waals surface area (Å²) in [5, 5.41) is 10.8. The molecule has 0 aliphatic rings. The van der Waals surface area contributed by atoms with E-state index in [-0.39, 0.29) is 0 Å². The van der Waals surface area contributed by atoms with Crippen molar-refractivity contribution in [3.63, 3.8) is 0 Å². The van der Waals surface area contributed by atoms with Gasteiger partial charge in [-0.3, -0.25) is 0 Å².